The summed E-state index contributed by atoms with van der Waals surface area (Å²) < 4.78 is 9.36. The van der Waals surface area contributed by atoms with Gasteiger partial charge in [-0.2, -0.15) is 0 Å². The van der Waals surface area contributed by atoms with E-state index in [4.69, 9.17) is 4.42 Å². The third-order valence-corrected chi connectivity index (χ3v) is 2.30. The Morgan fingerprint density at radius 2 is 1.79 bits per heavy atom. The monoisotopic (exact) mass is 271 g/mol. The van der Waals surface area contributed by atoms with Gasteiger partial charge in [0.2, 0.25) is 5.91 Å². The van der Waals surface area contributed by atoms with Gasteiger partial charge in [0.05, 0.1) is 6.54 Å². The first-order chi connectivity index (χ1) is 9.02. The van der Waals surface area contributed by atoms with Crippen LogP contribution in [0.15, 0.2) is 13.6 Å². The quantitative estimate of drug-likeness (QED) is 0.623. The highest BCUT2D eigenvalue weighted by atomic mass is 16.6. The van der Waals surface area contributed by atoms with Crippen LogP contribution in [0.2, 0.25) is 0 Å². The molecule has 0 spiro atoms. The minimum atomic E-state index is -0.794. The second-order valence-electron chi connectivity index (χ2n) is 3.75. The van der Waals surface area contributed by atoms with Crippen LogP contribution in [0.3, 0.4) is 0 Å². The number of hydrogen-bond acceptors (Lipinski definition) is 5. The van der Waals surface area contributed by atoms with E-state index in [0.717, 1.165) is 0 Å². The second kappa shape index (κ2) is 7.24. The Morgan fingerprint density at radius 1 is 1.11 bits per heavy atom. The van der Waals surface area contributed by atoms with E-state index in [2.05, 4.69) is 20.4 Å². The molecule has 0 bridgehead atoms. The van der Waals surface area contributed by atoms with Crippen molar-refractivity contribution in [3.05, 3.63) is 22.1 Å². The standard InChI is InChI=1S/C11H17N3O5/c1-3-9(15)12-4-5-13-10(16)14-6-8-7(2)18-11(17)19-8/h3-6H2,1-2H3,(H,12,15)(H2,13,14,16). The summed E-state index contributed by atoms with van der Waals surface area (Å²) >= 11 is 0. The minimum absolute atomic E-state index is 0.0602. The maximum Gasteiger partial charge on any atom is 0.519 e. The van der Waals surface area contributed by atoms with Crippen LogP contribution in [-0.2, 0) is 11.3 Å². The Balaban J connectivity index is 2.20. The SMILES string of the molecule is CCC(=O)NCCNC(=O)NCc1oc(=O)oc1C. The molecule has 1 rings (SSSR count). The zero-order valence-electron chi connectivity index (χ0n) is 10.9. The molecule has 0 radical (unpaired) electrons. The smallest absolute Gasteiger partial charge is 0.396 e. The van der Waals surface area contributed by atoms with Gasteiger partial charge in [-0.1, -0.05) is 6.92 Å². The molecule has 106 valence electrons. The molecule has 8 heteroatoms. The number of hydrogen-bond donors (Lipinski definition) is 3. The van der Waals surface area contributed by atoms with Gasteiger partial charge < -0.3 is 24.8 Å². The first-order valence-corrected chi connectivity index (χ1v) is 5.90. The third kappa shape index (κ3) is 5.28. The molecule has 0 aliphatic heterocycles. The van der Waals surface area contributed by atoms with Crippen LogP contribution in [0.1, 0.15) is 24.9 Å². The van der Waals surface area contributed by atoms with Crippen molar-refractivity contribution in [2.24, 2.45) is 0 Å². The highest BCUT2D eigenvalue weighted by Gasteiger charge is 2.09. The lowest BCUT2D eigenvalue weighted by atomic mass is 10.4. The maximum absolute atomic E-state index is 11.4. The lowest BCUT2D eigenvalue weighted by molar-refractivity contribution is -0.120. The fourth-order valence-electron chi connectivity index (χ4n) is 1.26. The number of carbonyl (C=O) groups is 2. The molecule has 3 N–H and O–H groups in total. The Morgan fingerprint density at radius 3 is 2.37 bits per heavy atom. The van der Waals surface area contributed by atoms with Gasteiger partial charge in [0, 0.05) is 19.5 Å². The molecule has 0 saturated heterocycles. The zero-order chi connectivity index (χ0) is 14.3. The molecule has 1 aromatic heterocycles. The molecule has 0 aliphatic carbocycles. The average Bonchev–Trinajstić information content (AvgIpc) is 2.70. The average molecular weight is 271 g/mol. The fourth-order valence-corrected chi connectivity index (χ4v) is 1.26. The predicted molar refractivity (Wildman–Crippen MR) is 65.5 cm³/mol. The van der Waals surface area contributed by atoms with Gasteiger partial charge in [-0.3, -0.25) is 4.79 Å². The van der Waals surface area contributed by atoms with E-state index in [9.17, 15) is 14.4 Å². The van der Waals surface area contributed by atoms with Gasteiger partial charge >= 0.3 is 11.9 Å². The van der Waals surface area contributed by atoms with E-state index < -0.39 is 11.9 Å². The number of urea groups is 1. The molecule has 8 nitrogen and oxygen atoms in total. The Labute approximate surface area is 109 Å². The van der Waals surface area contributed by atoms with Crippen LogP contribution in [0.4, 0.5) is 4.79 Å². The number of nitrogens with one attached hydrogen (secondary N) is 3. The van der Waals surface area contributed by atoms with Gasteiger partial charge in [0.1, 0.15) is 5.76 Å². The summed E-state index contributed by atoms with van der Waals surface area (Å²) in [7, 11) is 0. The lowest BCUT2D eigenvalue weighted by Gasteiger charge is -2.07. The Bertz CT molecular complexity index is 491. The van der Waals surface area contributed by atoms with Crippen molar-refractivity contribution in [1.82, 2.24) is 16.0 Å². The zero-order valence-corrected chi connectivity index (χ0v) is 10.9. The van der Waals surface area contributed by atoms with E-state index in [-0.39, 0.29) is 18.2 Å². The molecule has 0 fully saturated rings. The summed E-state index contributed by atoms with van der Waals surface area (Å²) in [5.74, 6) is -0.255. The van der Waals surface area contributed by atoms with E-state index in [1.807, 2.05) is 0 Å². The summed E-state index contributed by atoms with van der Waals surface area (Å²) in [6.07, 6.45) is 0.408. The van der Waals surface area contributed by atoms with E-state index in [1.54, 1.807) is 13.8 Å². The predicted octanol–water partition coefficient (Wildman–Crippen LogP) is -0.133. The second-order valence-corrected chi connectivity index (χ2v) is 3.75. The van der Waals surface area contributed by atoms with Gasteiger partial charge in [-0.15, -0.1) is 0 Å². The topological polar surface area (TPSA) is 114 Å². The molecule has 19 heavy (non-hydrogen) atoms. The summed E-state index contributed by atoms with van der Waals surface area (Å²) in [5.41, 5.74) is 0. The first kappa shape index (κ1) is 14.8. The highest BCUT2D eigenvalue weighted by Crippen LogP contribution is 2.03. The van der Waals surface area contributed by atoms with E-state index in [0.29, 0.717) is 25.3 Å². The molecule has 1 aromatic rings. The molecular weight excluding hydrogens is 254 g/mol. The van der Waals surface area contributed by atoms with Gasteiger partial charge in [-0.25, -0.2) is 9.59 Å². The van der Waals surface area contributed by atoms with E-state index in [1.165, 1.54) is 0 Å². The van der Waals surface area contributed by atoms with Gasteiger partial charge in [0.15, 0.2) is 5.76 Å². The summed E-state index contributed by atoms with van der Waals surface area (Å²) in [6, 6.07) is -0.422. The maximum atomic E-state index is 11.4. The van der Waals surface area contributed by atoms with Crippen molar-refractivity contribution < 1.29 is 18.4 Å². The van der Waals surface area contributed by atoms with Crippen molar-refractivity contribution in [2.45, 2.75) is 26.8 Å². The fraction of sp³-hybridized carbons (Fsp3) is 0.545. The molecule has 0 atom stereocenters. The number of amides is 3. The summed E-state index contributed by atoms with van der Waals surface area (Å²) in [6.45, 7) is 4.05. The number of aryl methyl sites for hydroxylation is 1. The molecule has 0 unspecified atom stereocenters. The Kier molecular flexibility index (Phi) is 5.65. The van der Waals surface area contributed by atoms with Crippen LogP contribution in [0.5, 0.6) is 0 Å². The number of carbonyl (C=O) groups excluding carboxylic acids is 2. The minimum Gasteiger partial charge on any atom is -0.396 e. The van der Waals surface area contributed by atoms with Crippen molar-refractivity contribution in [3.8, 4) is 0 Å². The number of rotatable bonds is 6. The summed E-state index contributed by atoms with van der Waals surface area (Å²) in [4.78, 5) is 33.0. The van der Waals surface area contributed by atoms with Crippen LogP contribution >= 0.6 is 0 Å². The largest absolute Gasteiger partial charge is 0.519 e. The van der Waals surface area contributed by atoms with Gasteiger partial charge in [-0.05, 0) is 6.92 Å². The lowest BCUT2D eigenvalue weighted by Crippen LogP contribution is -2.39. The van der Waals surface area contributed by atoms with Crippen LogP contribution in [-0.4, -0.2) is 25.0 Å². The van der Waals surface area contributed by atoms with Crippen LogP contribution in [0.25, 0.3) is 0 Å². The van der Waals surface area contributed by atoms with Crippen LogP contribution < -0.4 is 21.8 Å². The van der Waals surface area contributed by atoms with Crippen molar-refractivity contribution in [1.29, 1.82) is 0 Å². The van der Waals surface area contributed by atoms with Crippen LogP contribution in [0, 0.1) is 6.92 Å². The molecular formula is C11H17N3O5. The normalized spacial score (nSPS) is 10.0. The molecule has 0 aliphatic rings. The molecule has 3 amide bonds. The van der Waals surface area contributed by atoms with E-state index >= 15 is 0 Å². The molecule has 0 aromatic carbocycles. The van der Waals surface area contributed by atoms with Crippen molar-refractivity contribution in [3.63, 3.8) is 0 Å². The first-order valence-electron chi connectivity index (χ1n) is 5.90. The molecule has 1 heterocycles. The molecule has 0 saturated carbocycles. The highest BCUT2D eigenvalue weighted by molar-refractivity contribution is 5.76. The Hall–Kier alpha value is -2.25. The summed E-state index contributed by atoms with van der Waals surface area (Å²) in [5, 5.41) is 7.66. The third-order valence-electron chi connectivity index (χ3n) is 2.30. The van der Waals surface area contributed by atoms with Crippen molar-refractivity contribution in [2.75, 3.05) is 13.1 Å². The van der Waals surface area contributed by atoms with Crippen molar-refractivity contribution >= 4 is 11.9 Å². The van der Waals surface area contributed by atoms with Gasteiger partial charge in [0.25, 0.3) is 0 Å².